The summed E-state index contributed by atoms with van der Waals surface area (Å²) in [6.45, 7) is 0. The van der Waals surface area contributed by atoms with Gasteiger partial charge in [-0.2, -0.15) is 4.40 Å². The predicted molar refractivity (Wildman–Crippen MR) is 58.8 cm³/mol. The van der Waals surface area contributed by atoms with Gasteiger partial charge in [-0.25, -0.2) is 0 Å². The first-order chi connectivity index (χ1) is 5.90. The number of rotatable bonds is 1. The molecule has 1 aromatic carbocycles. The molecule has 0 amide bonds. The van der Waals surface area contributed by atoms with Gasteiger partial charge in [-0.05, 0) is 24.1 Å². The number of benzene rings is 1. The molecule has 0 aliphatic heterocycles. The van der Waals surface area contributed by atoms with Crippen LogP contribution in [0.5, 0.6) is 0 Å². The summed E-state index contributed by atoms with van der Waals surface area (Å²) in [7, 11) is 0. The molecular weight excluding hydrogens is 206 g/mol. The molecule has 1 heterocycles. The molecule has 0 saturated heterocycles. The molecule has 0 radical (unpaired) electrons. The largest absolute Gasteiger partial charge is 0.195 e. The van der Waals surface area contributed by atoms with Crippen molar-refractivity contribution in [1.29, 1.82) is 0 Å². The van der Waals surface area contributed by atoms with E-state index in [1.807, 2.05) is 6.26 Å². The van der Waals surface area contributed by atoms with Gasteiger partial charge in [-0.1, -0.05) is 12.1 Å². The van der Waals surface area contributed by atoms with E-state index in [0.29, 0.717) is 0 Å². The fraction of sp³-hybridized carbons (Fsp3) is 0.125. The van der Waals surface area contributed by atoms with E-state index in [9.17, 15) is 0 Å². The molecule has 0 atom stereocenters. The first-order valence-corrected chi connectivity index (χ1v) is 6.27. The van der Waals surface area contributed by atoms with Crippen LogP contribution < -0.4 is 3.98 Å². The van der Waals surface area contributed by atoms with Crippen molar-refractivity contribution in [3.8, 4) is 0 Å². The van der Waals surface area contributed by atoms with E-state index in [2.05, 4.69) is 28.7 Å². The zero-order chi connectivity index (χ0) is 8.39. The predicted octanol–water partition coefficient (Wildman–Crippen LogP) is 3.14. The molecule has 0 bridgehead atoms. The van der Waals surface area contributed by atoms with Crippen LogP contribution >= 0.6 is 34.6 Å². The average Bonchev–Trinajstić information content (AvgIpc) is 2.47. The van der Waals surface area contributed by atoms with Crippen LogP contribution in [0.3, 0.4) is 0 Å². The highest BCUT2D eigenvalue weighted by Gasteiger charge is 1.95. The number of hydrogen-bond acceptors (Lipinski definition) is 4. The van der Waals surface area contributed by atoms with Crippen LogP contribution in [0.15, 0.2) is 28.7 Å². The van der Waals surface area contributed by atoms with Gasteiger partial charge in [-0.3, -0.25) is 0 Å². The lowest BCUT2D eigenvalue weighted by molar-refractivity contribution is 1.76. The van der Waals surface area contributed by atoms with Crippen LogP contribution in [-0.4, -0.2) is 6.26 Å². The number of nitrogens with zero attached hydrogens (tertiary/aromatic N) is 1. The van der Waals surface area contributed by atoms with E-state index >= 15 is 0 Å². The lowest BCUT2D eigenvalue weighted by Crippen LogP contribution is -1.79. The topological polar surface area (TPSA) is 12.4 Å². The molecule has 0 fully saturated rings. The molecule has 4 heteroatoms. The normalized spacial score (nSPS) is 10.4. The summed E-state index contributed by atoms with van der Waals surface area (Å²) in [6.07, 6.45) is 1.98. The number of hydrogen-bond donors (Lipinski definition) is 0. The van der Waals surface area contributed by atoms with Crippen molar-refractivity contribution >= 4 is 44.0 Å². The second-order valence-corrected chi connectivity index (χ2v) is 5.06. The molecule has 12 heavy (non-hydrogen) atoms. The molecule has 1 nitrogen and oxygen atoms in total. The molecule has 0 aliphatic carbocycles. The van der Waals surface area contributed by atoms with E-state index in [1.54, 1.807) is 22.7 Å². The standard InChI is InChI=1S/C8H7NS3/c1-10-9-8-11-6-4-2-3-5-7(6)12-8/h2-5H,1H3. The zero-order valence-corrected chi connectivity index (χ0v) is 8.93. The van der Waals surface area contributed by atoms with Crippen molar-refractivity contribution < 1.29 is 0 Å². The van der Waals surface area contributed by atoms with Crippen LogP contribution in [-0.2, 0) is 0 Å². The molecule has 0 unspecified atom stereocenters. The van der Waals surface area contributed by atoms with Crippen LogP contribution in [0.4, 0.5) is 0 Å². The Morgan fingerprint density at radius 2 is 1.75 bits per heavy atom. The van der Waals surface area contributed by atoms with Gasteiger partial charge in [-0.15, -0.1) is 22.7 Å². The minimum atomic E-state index is 1.14. The summed E-state index contributed by atoms with van der Waals surface area (Å²) in [6, 6.07) is 8.40. The fourth-order valence-corrected chi connectivity index (χ4v) is 3.80. The third-order valence-electron chi connectivity index (χ3n) is 1.41. The molecule has 2 rings (SSSR count). The Balaban J connectivity index is 2.70. The van der Waals surface area contributed by atoms with Gasteiger partial charge in [0.15, 0.2) is 3.98 Å². The Morgan fingerprint density at radius 3 is 2.25 bits per heavy atom. The van der Waals surface area contributed by atoms with Gasteiger partial charge < -0.3 is 0 Å². The van der Waals surface area contributed by atoms with E-state index in [1.165, 1.54) is 21.3 Å². The van der Waals surface area contributed by atoms with Crippen LogP contribution in [0.2, 0.25) is 0 Å². The lowest BCUT2D eigenvalue weighted by Gasteiger charge is -1.80. The summed E-state index contributed by atoms with van der Waals surface area (Å²) >= 11 is 5.02. The number of fused-ring (bicyclic) bond motifs is 1. The molecule has 2 aromatic rings. The van der Waals surface area contributed by atoms with Crippen molar-refractivity contribution in [2.45, 2.75) is 0 Å². The third kappa shape index (κ3) is 1.55. The van der Waals surface area contributed by atoms with Gasteiger partial charge in [0.1, 0.15) is 0 Å². The molecule has 0 spiro atoms. The van der Waals surface area contributed by atoms with E-state index in [0.717, 1.165) is 3.98 Å². The smallest absolute Gasteiger partial charge is 0.179 e. The highest BCUT2D eigenvalue weighted by Crippen LogP contribution is 2.20. The van der Waals surface area contributed by atoms with Gasteiger partial charge in [0.2, 0.25) is 0 Å². The van der Waals surface area contributed by atoms with Crippen molar-refractivity contribution in [3.05, 3.63) is 28.3 Å². The quantitative estimate of drug-likeness (QED) is 0.663. The minimum Gasteiger partial charge on any atom is -0.195 e. The molecule has 0 saturated carbocycles. The SMILES string of the molecule is CSN=c1sc2ccccc2s1. The van der Waals surface area contributed by atoms with Gasteiger partial charge in [0, 0.05) is 15.7 Å². The molecule has 62 valence electrons. The van der Waals surface area contributed by atoms with E-state index in [4.69, 9.17) is 0 Å². The van der Waals surface area contributed by atoms with Gasteiger partial charge in [0.25, 0.3) is 0 Å². The Hall–Kier alpha value is -0.320. The van der Waals surface area contributed by atoms with Crippen LogP contribution in [0.1, 0.15) is 0 Å². The maximum atomic E-state index is 4.30. The second-order valence-electron chi connectivity index (χ2n) is 2.19. The summed E-state index contributed by atoms with van der Waals surface area (Å²) in [5.41, 5.74) is 0. The first kappa shape index (κ1) is 8.29. The summed E-state index contributed by atoms with van der Waals surface area (Å²) in [5.74, 6) is 0. The summed E-state index contributed by atoms with van der Waals surface area (Å²) < 4.78 is 8.10. The fourth-order valence-electron chi connectivity index (χ4n) is 0.940. The maximum Gasteiger partial charge on any atom is 0.179 e. The highest BCUT2D eigenvalue weighted by molar-refractivity contribution is 7.97. The van der Waals surface area contributed by atoms with Crippen molar-refractivity contribution in [2.24, 2.45) is 4.40 Å². The third-order valence-corrected chi connectivity index (χ3v) is 4.32. The second kappa shape index (κ2) is 3.60. The Bertz CT molecular complexity index is 404. The molecule has 0 N–H and O–H groups in total. The Kier molecular flexibility index (Phi) is 2.48. The molecule has 0 aliphatic rings. The zero-order valence-electron chi connectivity index (χ0n) is 6.48. The van der Waals surface area contributed by atoms with Crippen molar-refractivity contribution in [3.63, 3.8) is 0 Å². The van der Waals surface area contributed by atoms with E-state index < -0.39 is 0 Å². The summed E-state index contributed by atoms with van der Waals surface area (Å²) in [5, 5.41) is 0. The van der Waals surface area contributed by atoms with Crippen LogP contribution in [0, 0.1) is 0 Å². The van der Waals surface area contributed by atoms with Crippen LogP contribution in [0.25, 0.3) is 9.40 Å². The lowest BCUT2D eigenvalue weighted by atomic mass is 10.4. The van der Waals surface area contributed by atoms with Crippen molar-refractivity contribution in [1.82, 2.24) is 0 Å². The van der Waals surface area contributed by atoms with Gasteiger partial charge in [0.05, 0.1) is 0 Å². The van der Waals surface area contributed by atoms with E-state index in [-0.39, 0.29) is 0 Å². The molecule has 1 aromatic heterocycles. The van der Waals surface area contributed by atoms with Crippen molar-refractivity contribution in [2.75, 3.05) is 6.26 Å². The van der Waals surface area contributed by atoms with Gasteiger partial charge >= 0.3 is 0 Å². The highest BCUT2D eigenvalue weighted by atomic mass is 32.2. The minimum absolute atomic E-state index is 1.14. The monoisotopic (exact) mass is 213 g/mol. The molecular formula is C8H7NS3. The Morgan fingerprint density at radius 1 is 1.17 bits per heavy atom. The maximum absolute atomic E-state index is 4.30. The average molecular weight is 213 g/mol. The Labute approximate surface area is 82.9 Å². The first-order valence-electron chi connectivity index (χ1n) is 3.46. The summed E-state index contributed by atoms with van der Waals surface area (Å²) in [4.78, 5) is 0.